The second-order valence-electron chi connectivity index (χ2n) is 5.80. The molecule has 0 fully saturated rings. The van der Waals surface area contributed by atoms with Crippen LogP contribution in [0.5, 0.6) is 0 Å². The third kappa shape index (κ3) is 6.81. The number of aliphatic imine (C=N–C) groups is 1. The fourth-order valence-corrected chi connectivity index (χ4v) is 3.31. The van der Waals surface area contributed by atoms with Gasteiger partial charge in [-0.05, 0) is 41.5 Å². The maximum Gasteiger partial charge on any atom is 0.191 e. The summed E-state index contributed by atoms with van der Waals surface area (Å²) in [4.78, 5) is 5.62. The lowest BCUT2D eigenvalue weighted by Crippen LogP contribution is -2.36. The van der Waals surface area contributed by atoms with E-state index in [0.29, 0.717) is 13.2 Å². The van der Waals surface area contributed by atoms with Gasteiger partial charge in [0.25, 0.3) is 0 Å². The minimum absolute atomic E-state index is 0. The maximum atomic E-state index is 5.27. The Morgan fingerprint density at radius 1 is 1.04 bits per heavy atom. The van der Waals surface area contributed by atoms with E-state index in [9.17, 15) is 0 Å². The van der Waals surface area contributed by atoms with E-state index in [2.05, 4.69) is 59.1 Å². The summed E-state index contributed by atoms with van der Waals surface area (Å²) in [5.41, 5.74) is 4.97. The molecule has 2 aromatic carbocycles. The lowest BCUT2D eigenvalue weighted by atomic mass is 10.1. The predicted octanol–water partition coefficient (Wildman–Crippen LogP) is 4.35. The van der Waals surface area contributed by atoms with Gasteiger partial charge in [0.05, 0.1) is 6.61 Å². The van der Waals surface area contributed by atoms with Crippen LogP contribution in [0.15, 0.2) is 52.4 Å². The van der Waals surface area contributed by atoms with Gasteiger partial charge in [-0.2, -0.15) is 0 Å². The summed E-state index contributed by atoms with van der Waals surface area (Å²) in [6, 6.07) is 14.8. The van der Waals surface area contributed by atoms with Crippen molar-refractivity contribution in [1.82, 2.24) is 10.6 Å². The second kappa shape index (κ2) is 12.2. The first-order valence-electron chi connectivity index (χ1n) is 8.31. The number of hydrogen-bond donors (Lipinski definition) is 2. The van der Waals surface area contributed by atoms with Crippen LogP contribution in [-0.2, 0) is 24.4 Å². The van der Waals surface area contributed by atoms with E-state index in [4.69, 9.17) is 4.74 Å². The van der Waals surface area contributed by atoms with Gasteiger partial charge in [0.1, 0.15) is 0 Å². The van der Waals surface area contributed by atoms with E-state index in [0.717, 1.165) is 12.5 Å². The number of ether oxygens (including phenoxy) is 1. The molecular weight excluding hydrogens is 457 g/mol. The molecule has 6 heteroatoms. The third-order valence-electron chi connectivity index (χ3n) is 3.98. The first-order chi connectivity index (χ1) is 12.2. The van der Waals surface area contributed by atoms with Crippen LogP contribution in [0.1, 0.15) is 22.3 Å². The Labute approximate surface area is 178 Å². The lowest BCUT2D eigenvalue weighted by molar-refractivity contribution is 0.184. The fourth-order valence-electron chi connectivity index (χ4n) is 2.60. The molecule has 2 N–H and O–H groups in total. The number of thioether (sulfide) groups is 1. The van der Waals surface area contributed by atoms with Gasteiger partial charge in [0, 0.05) is 32.1 Å². The Bertz CT molecular complexity index is 722. The number of benzene rings is 2. The van der Waals surface area contributed by atoms with Crippen molar-refractivity contribution in [1.29, 1.82) is 0 Å². The van der Waals surface area contributed by atoms with Crippen molar-refractivity contribution >= 4 is 41.7 Å². The summed E-state index contributed by atoms with van der Waals surface area (Å²) in [6.07, 6.45) is 2.11. The highest BCUT2D eigenvalue weighted by Gasteiger charge is 2.05. The van der Waals surface area contributed by atoms with Crippen molar-refractivity contribution in [3.05, 3.63) is 64.7 Å². The normalized spacial score (nSPS) is 11.0. The van der Waals surface area contributed by atoms with E-state index in [1.165, 1.54) is 27.1 Å². The molecule has 2 rings (SSSR count). The number of aryl methyl sites for hydroxylation is 1. The highest BCUT2D eigenvalue weighted by Crippen LogP contribution is 2.21. The maximum absolute atomic E-state index is 5.27. The molecule has 26 heavy (non-hydrogen) atoms. The van der Waals surface area contributed by atoms with Gasteiger partial charge in [-0.1, -0.05) is 36.4 Å². The molecular formula is C20H28IN3OS. The van der Waals surface area contributed by atoms with Crippen LogP contribution < -0.4 is 10.6 Å². The van der Waals surface area contributed by atoms with Gasteiger partial charge in [0.15, 0.2) is 5.96 Å². The molecule has 0 saturated heterocycles. The van der Waals surface area contributed by atoms with Crippen molar-refractivity contribution in [3.63, 3.8) is 0 Å². The predicted molar refractivity (Wildman–Crippen MR) is 123 cm³/mol. The molecule has 0 radical (unpaired) electrons. The van der Waals surface area contributed by atoms with Crippen LogP contribution in [0.25, 0.3) is 0 Å². The Hall–Kier alpha value is -1.25. The van der Waals surface area contributed by atoms with E-state index in [-0.39, 0.29) is 24.0 Å². The minimum atomic E-state index is 0. The molecule has 0 bridgehead atoms. The van der Waals surface area contributed by atoms with Crippen LogP contribution in [0.2, 0.25) is 0 Å². The molecule has 0 aliphatic carbocycles. The molecule has 4 nitrogen and oxygen atoms in total. The summed E-state index contributed by atoms with van der Waals surface area (Å²) in [6.45, 7) is 4.19. The first kappa shape index (κ1) is 22.8. The Balaban J connectivity index is 0.00000338. The zero-order valence-corrected chi connectivity index (χ0v) is 19.0. The molecule has 2 aromatic rings. The van der Waals surface area contributed by atoms with Crippen LogP contribution in [0, 0.1) is 6.92 Å². The van der Waals surface area contributed by atoms with Crippen LogP contribution in [0.3, 0.4) is 0 Å². The first-order valence-corrected chi connectivity index (χ1v) is 9.54. The van der Waals surface area contributed by atoms with Crippen molar-refractivity contribution in [2.24, 2.45) is 4.99 Å². The summed E-state index contributed by atoms with van der Waals surface area (Å²) < 4.78 is 5.27. The highest BCUT2D eigenvalue weighted by atomic mass is 127. The standard InChI is InChI=1S/C20H27N3OS.HI/c1-15-9-10-17(19(11-15)25-4)13-23-20(21-2)22-12-16-7-5-6-8-18(16)14-24-3;/h5-11H,12-14H2,1-4H3,(H2,21,22,23);1H. The number of nitrogens with one attached hydrogen (secondary N) is 2. The SMILES string of the molecule is CN=C(NCc1ccccc1COC)NCc1ccc(C)cc1SC.I. The number of nitrogens with zero attached hydrogens (tertiary/aromatic N) is 1. The molecule has 0 amide bonds. The monoisotopic (exact) mass is 485 g/mol. The summed E-state index contributed by atoms with van der Waals surface area (Å²) in [7, 11) is 3.51. The van der Waals surface area contributed by atoms with Gasteiger partial charge in [-0.3, -0.25) is 4.99 Å². The molecule has 0 atom stereocenters. The van der Waals surface area contributed by atoms with Crippen LogP contribution in [-0.4, -0.2) is 26.4 Å². The molecule has 0 aliphatic rings. The van der Waals surface area contributed by atoms with E-state index < -0.39 is 0 Å². The number of rotatable bonds is 7. The van der Waals surface area contributed by atoms with E-state index >= 15 is 0 Å². The molecule has 0 aliphatic heterocycles. The van der Waals surface area contributed by atoms with Gasteiger partial charge in [0.2, 0.25) is 0 Å². The zero-order chi connectivity index (χ0) is 18.1. The van der Waals surface area contributed by atoms with Crippen LogP contribution in [0.4, 0.5) is 0 Å². The molecule has 0 spiro atoms. The number of halogens is 1. The minimum Gasteiger partial charge on any atom is -0.380 e. The summed E-state index contributed by atoms with van der Waals surface area (Å²) in [5.74, 6) is 0.792. The van der Waals surface area contributed by atoms with Gasteiger partial charge in [-0.25, -0.2) is 0 Å². The molecule has 0 saturated carbocycles. The molecule has 0 heterocycles. The van der Waals surface area contributed by atoms with Crippen LogP contribution >= 0.6 is 35.7 Å². The van der Waals surface area contributed by atoms with E-state index in [1.54, 1.807) is 25.9 Å². The Morgan fingerprint density at radius 3 is 2.31 bits per heavy atom. The lowest BCUT2D eigenvalue weighted by Gasteiger charge is -2.15. The molecule has 0 aromatic heterocycles. The van der Waals surface area contributed by atoms with E-state index in [1.807, 2.05) is 12.1 Å². The highest BCUT2D eigenvalue weighted by molar-refractivity contribution is 14.0. The topological polar surface area (TPSA) is 45.7 Å². The quantitative estimate of drug-likeness (QED) is 0.265. The van der Waals surface area contributed by atoms with Gasteiger partial charge >= 0.3 is 0 Å². The van der Waals surface area contributed by atoms with Gasteiger partial charge in [-0.15, -0.1) is 35.7 Å². The van der Waals surface area contributed by atoms with Crippen molar-refractivity contribution < 1.29 is 4.74 Å². The number of hydrogen-bond acceptors (Lipinski definition) is 3. The Kier molecular flexibility index (Phi) is 10.7. The number of methoxy groups -OCH3 is 1. The third-order valence-corrected chi connectivity index (χ3v) is 4.80. The zero-order valence-electron chi connectivity index (χ0n) is 15.8. The number of guanidine groups is 1. The largest absolute Gasteiger partial charge is 0.380 e. The van der Waals surface area contributed by atoms with Crippen molar-refractivity contribution in [2.45, 2.75) is 31.5 Å². The average molecular weight is 485 g/mol. The van der Waals surface area contributed by atoms with Crippen molar-refractivity contribution in [3.8, 4) is 0 Å². The molecule has 142 valence electrons. The van der Waals surface area contributed by atoms with Gasteiger partial charge < -0.3 is 15.4 Å². The fraction of sp³-hybridized carbons (Fsp3) is 0.350. The summed E-state index contributed by atoms with van der Waals surface area (Å²) in [5, 5.41) is 6.78. The second-order valence-corrected chi connectivity index (χ2v) is 6.64. The average Bonchev–Trinajstić information content (AvgIpc) is 2.64. The Morgan fingerprint density at radius 2 is 1.69 bits per heavy atom. The molecule has 0 unspecified atom stereocenters. The summed E-state index contributed by atoms with van der Waals surface area (Å²) >= 11 is 1.77. The van der Waals surface area contributed by atoms with Crippen molar-refractivity contribution in [2.75, 3.05) is 20.4 Å². The smallest absolute Gasteiger partial charge is 0.191 e.